The topological polar surface area (TPSA) is 113 Å². The summed E-state index contributed by atoms with van der Waals surface area (Å²) in [7, 11) is 0. The molecule has 0 aliphatic carbocycles. The number of ether oxygens (including phenoxy) is 1. The van der Waals surface area contributed by atoms with Crippen molar-refractivity contribution in [2.45, 2.75) is 32.8 Å². The molecule has 8 nitrogen and oxygen atoms in total. The lowest BCUT2D eigenvalue weighted by Crippen LogP contribution is -2.22. The van der Waals surface area contributed by atoms with Gasteiger partial charge in [-0.3, -0.25) is 19.0 Å². The number of fused-ring (bicyclic) bond motifs is 1. The fourth-order valence-corrected chi connectivity index (χ4v) is 3.52. The Hall–Kier alpha value is -3.94. The Morgan fingerprint density at radius 2 is 2.03 bits per heavy atom. The van der Waals surface area contributed by atoms with Crippen molar-refractivity contribution < 1.29 is 19.7 Å². The summed E-state index contributed by atoms with van der Waals surface area (Å²) in [4.78, 5) is 32.0. The molecule has 1 aliphatic heterocycles. The van der Waals surface area contributed by atoms with Crippen LogP contribution in [0.5, 0.6) is 11.5 Å². The molecule has 0 bridgehead atoms. The molecule has 2 aromatic heterocycles. The zero-order valence-electron chi connectivity index (χ0n) is 16.9. The summed E-state index contributed by atoms with van der Waals surface area (Å²) in [6.07, 6.45) is 7.44. The highest BCUT2D eigenvalue weighted by atomic mass is 16.5. The second-order valence-electron chi connectivity index (χ2n) is 7.19. The van der Waals surface area contributed by atoms with Gasteiger partial charge in [0.15, 0.2) is 0 Å². The summed E-state index contributed by atoms with van der Waals surface area (Å²) >= 11 is 0. The number of hydrogen-bond acceptors (Lipinski definition) is 6. The van der Waals surface area contributed by atoms with E-state index in [1.165, 1.54) is 10.6 Å². The summed E-state index contributed by atoms with van der Waals surface area (Å²) in [5.74, 6) is -0.375. The van der Waals surface area contributed by atoms with Crippen molar-refractivity contribution in [2.24, 2.45) is 4.99 Å². The van der Waals surface area contributed by atoms with Crippen LogP contribution >= 0.6 is 0 Å². The van der Waals surface area contributed by atoms with Crippen LogP contribution in [-0.2, 0) is 24.2 Å². The number of allylic oxidation sites excluding steroid dienone is 1. The van der Waals surface area contributed by atoms with Crippen molar-refractivity contribution in [1.82, 2.24) is 9.38 Å². The number of aromatic hydroxyl groups is 1. The van der Waals surface area contributed by atoms with Crippen LogP contribution in [0.1, 0.15) is 35.6 Å². The second kappa shape index (κ2) is 8.43. The number of aliphatic imine (C=N–C) groups is 1. The van der Waals surface area contributed by atoms with Gasteiger partial charge in [-0.2, -0.15) is 0 Å². The molecule has 1 aromatic carbocycles. The molecule has 0 spiro atoms. The molecular formula is C23H21N3O5. The van der Waals surface area contributed by atoms with E-state index in [0.717, 1.165) is 12.1 Å². The Balaban J connectivity index is 1.65. The van der Waals surface area contributed by atoms with E-state index in [1.54, 1.807) is 30.6 Å². The van der Waals surface area contributed by atoms with Crippen molar-refractivity contribution in [2.75, 3.05) is 0 Å². The highest BCUT2D eigenvalue weighted by Gasteiger charge is 2.18. The maximum absolute atomic E-state index is 12.6. The second-order valence-corrected chi connectivity index (χ2v) is 7.19. The van der Waals surface area contributed by atoms with Crippen LogP contribution in [0.2, 0.25) is 0 Å². The number of carbonyl (C=O) groups is 1. The zero-order valence-corrected chi connectivity index (χ0v) is 16.9. The number of carboxylic acid groups (broad SMARTS) is 1. The fraction of sp³-hybridized carbons (Fsp3) is 0.217. The van der Waals surface area contributed by atoms with Crippen molar-refractivity contribution in [1.29, 1.82) is 0 Å². The molecule has 0 amide bonds. The first-order valence-electron chi connectivity index (χ1n) is 9.92. The SMILES string of the molecule is CCCc1c(OCc2cccn3c(=O)c(CC(=O)O)cnc23)ccc(C2=NC=C2)c1O. The number of nitrogens with zero attached hydrogens (tertiary/aromatic N) is 3. The predicted molar refractivity (Wildman–Crippen MR) is 115 cm³/mol. The number of carboxylic acids is 1. The Morgan fingerprint density at radius 3 is 2.71 bits per heavy atom. The lowest BCUT2D eigenvalue weighted by Gasteiger charge is -2.17. The standard InChI is InChI=1S/C23H21N3O5/c1-2-4-17-19(7-6-16(21(17)29)18-8-9-24-18)31-13-14-5-3-10-26-22(14)25-12-15(23(26)30)11-20(27)28/h3,5-10,12,29H,2,4,11,13H2,1H3,(H,27,28). The van der Waals surface area contributed by atoms with Crippen LogP contribution < -0.4 is 10.3 Å². The van der Waals surface area contributed by atoms with Crippen LogP contribution in [0.25, 0.3) is 5.65 Å². The zero-order chi connectivity index (χ0) is 22.0. The largest absolute Gasteiger partial charge is 0.507 e. The minimum absolute atomic E-state index is 0.113. The third-order valence-corrected chi connectivity index (χ3v) is 5.07. The van der Waals surface area contributed by atoms with Gasteiger partial charge >= 0.3 is 5.97 Å². The predicted octanol–water partition coefficient (Wildman–Crippen LogP) is 2.88. The highest BCUT2D eigenvalue weighted by Crippen LogP contribution is 2.34. The minimum atomic E-state index is -1.09. The summed E-state index contributed by atoms with van der Waals surface area (Å²) in [5, 5.41) is 19.7. The van der Waals surface area contributed by atoms with E-state index in [2.05, 4.69) is 9.98 Å². The molecule has 0 saturated heterocycles. The van der Waals surface area contributed by atoms with E-state index in [9.17, 15) is 14.7 Å². The lowest BCUT2D eigenvalue weighted by molar-refractivity contribution is -0.136. The number of pyridine rings is 1. The van der Waals surface area contributed by atoms with Crippen molar-refractivity contribution in [3.63, 3.8) is 0 Å². The van der Waals surface area contributed by atoms with Gasteiger partial charge in [0.2, 0.25) is 0 Å². The molecule has 31 heavy (non-hydrogen) atoms. The van der Waals surface area contributed by atoms with Crippen LogP contribution in [0.3, 0.4) is 0 Å². The normalized spacial score (nSPS) is 12.5. The number of hydrogen-bond donors (Lipinski definition) is 2. The molecule has 1 aliphatic rings. The molecular weight excluding hydrogens is 398 g/mol. The molecule has 158 valence electrons. The summed E-state index contributed by atoms with van der Waals surface area (Å²) in [5.41, 5.74) is 2.86. The molecule has 0 fully saturated rings. The molecule has 0 radical (unpaired) electrons. The van der Waals surface area contributed by atoms with E-state index in [-0.39, 0.29) is 24.3 Å². The third kappa shape index (κ3) is 3.92. The average molecular weight is 419 g/mol. The van der Waals surface area contributed by atoms with Gasteiger partial charge < -0.3 is 14.9 Å². The number of aliphatic carboxylic acids is 1. The Bertz CT molecular complexity index is 1290. The summed E-state index contributed by atoms with van der Waals surface area (Å²) in [6, 6.07) is 7.06. The number of phenols is 1. The van der Waals surface area contributed by atoms with E-state index >= 15 is 0 Å². The fourth-order valence-electron chi connectivity index (χ4n) is 3.52. The summed E-state index contributed by atoms with van der Waals surface area (Å²) < 4.78 is 7.34. The molecule has 0 unspecified atom stereocenters. The number of benzene rings is 1. The van der Waals surface area contributed by atoms with Crippen LogP contribution in [0, 0.1) is 0 Å². The molecule has 4 rings (SSSR count). The molecule has 0 saturated carbocycles. The number of phenolic OH excluding ortho intramolecular Hbond substituents is 1. The molecule has 8 heteroatoms. The Kier molecular flexibility index (Phi) is 5.53. The third-order valence-electron chi connectivity index (χ3n) is 5.07. The van der Waals surface area contributed by atoms with Gasteiger partial charge in [-0.05, 0) is 30.7 Å². The van der Waals surface area contributed by atoms with Crippen LogP contribution in [-0.4, -0.2) is 31.3 Å². The number of aromatic nitrogens is 2. The monoisotopic (exact) mass is 419 g/mol. The van der Waals surface area contributed by atoms with Crippen LogP contribution in [0.4, 0.5) is 0 Å². The maximum Gasteiger partial charge on any atom is 0.308 e. The molecule has 3 heterocycles. The van der Waals surface area contributed by atoms with Gasteiger partial charge in [0.05, 0.1) is 12.1 Å². The van der Waals surface area contributed by atoms with E-state index in [1.807, 2.05) is 19.1 Å². The van der Waals surface area contributed by atoms with Gasteiger partial charge in [0.25, 0.3) is 5.56 Å². The van der Waals surface area contributed by atoms with Gasteiger partial charge in [-0.15, -0.1) is 0 Å². The average Bonchev–Trinajstić information content (AvgIpc) is 2.71. The van der Waals surface area contributed by atoms with Gasteiger partial charge in [0, 0.05) is 40.8 Å². The smallest absolute Gasteiger partial charge is 0.308 e. The first-order chi connectivity index (χ1) is 15.0. The lowest BCUT2D eigenvalue weighted by atomic mass is 9.99. The minimum Gasteiger partial charge on any atom is -0.507 e. The molecule has 2 N–H and O–H groups in total. The van der Waals surface area contributed by atoms with Crippen molar-refractivity contribution >= 4 is 17.3 Å². The van der Waals surface area contributed by atoms with E-state index < -0.39 is 11.5 Å². The van der Waals surface area contributed by atoms with Gasteiger partial charge in [0.1, 0.15) is 23.8 Å². The van der Waals surface area contributed by atoms with E-state index in [4.69, 9.17) is 9.84 Å². The van der Waals surface area contributed by atoms with Crippen molar-refractivity contribution in [3.8, 4) is 11.5 Å². The first-order valence-corrected chi connectivity index (χ1v) is 9.92. The van der Waals surface area contributed by atoms with Crippen molar-refractivity contribution in [3.05, 3.63) is 81.5 Å². The quantitative estimate of drug-likeness (QED) is 0.580. The highest BCUT2D eigenvalue weighted by molar-refractivity contribution is 6.14. The first kappa shape index (κ1) is 20.3. The molecule has 3 aromatic rings. The van der Waals surface area contributed by atoms with Crippen LogP contribution in [0.15, 0.2) is 58.7 Å². The molecule has 0 atom stereocenters. The Morgan fingerprint density at radius 1 is 1.23 bits per heavy atom. The summed E-state index contributed by atoms with van der Waals surface area (Å²) in [6.45, 7) is 2.15. The number of rotatable bonds is 8. The van der Waals surface area contributed by atoms with Gasteiger partial charge in [-0.25, -0.2) is 4.98 Å². The van der Waals surface area contributed by atoms with Gasteiger partial charge in [-0.1, -0.05) is 19.4 Å². The maximum atomic E-state index is 12.6. The van der Waals surface area contributed by atoms with E-state index in [0.29, 0.717) is 34.5 Å². The Labute approximate surface area is 177 Å².